The Balaban J connectivity index is 1.46. The number of para-hydroxylation sites is 1. The van der Waals surface area contributed by atoms with Crippen LogP contribution in [0.1, 0.15) is 11.1 Å². The fourth-order valence-corrected chi connectivity index (χ4v) is 4.39. The fourth-order valence-electron chi connectivity index (χ4n) is 4.39. The number of aryl methyl sites for hydroxylation is 1. The number of benzene rings is 2. The number of carbonyl (C=O) groups is 2. The molecule has 7 nitrogen and oxygen atoms in total. The number of ether oxygens (including phenoxy) is 2. The zero-order valence-corrected chi connectivity index (χ0v) is 18.0. The van der Waals surface area contributed by atoms with Gasteiger partial charge in [0.05, 0.1) is 24.4 Å². The molecule has 0 saturated carbocycles. The van der Waals surface area contributed by atoms with Gasteiger partial charge in [0.25, 0.3) is 11.8 Å². The van der Waals surface area contributed by atoms with E-state index < -0.39 is 0 Å². The first-order chi connectivity index (χ1) is 15.6. The predicted molar refractivity (Wildman–Crippen MR) is 122 cm³/mol. The lowest BCUT2D eigenvalue weighted by molar-refractivity contribution is -0.122. The van der Waals surface area contributed by atoms with Crippen LogP contribution in [0.3, 0.4) is 0 Å². The number of aromatic nitrogens is 1. The number of nitrogens with zero attached hydrogens (tertiary/aromatic N) is 2. The molecule has 3 heterocycles. The van der Waals surface area contributed by atoms with E-state index >= 15 is 0 Å². The van der Waals surface area contributed by atoms with Gasteiger partial charge in [0, 0.05) is 49.3 Å². The van der Waals surface area contributed by atoms with Gasteiger partial charge >= 0.3 is 0 Å². The van der Waals surface area contributed by atoms with E-state index in [4.69, 9.17) is 9.47 Å². The van der Waals surface area contributed by atoms with Gasteiger partial charge in [0.15, 0.2) is 0 Å². The number of nitrogens with one attached hydrogen (secondary N) is 1. The second-order valence-electron chi connectivity index (χ2n) is 8.03. The first kappa shape index (κ1) is 20.5. The van der Waals surface area contributed by atoms with E-state index in [1.165, 1.54) is 0 Å². The van der Waals surface area contributed by atoms with Crippen molar-refractivity contribution in [2.24, 2.45) is 7.05 Å². The van der Waals surface area contributed by atoms with Crippen molar-refractivity contribution in [3.05, 3.63) is 65.9 Å². The van der Waals surface area contributed by atoms with Crippen LogP contribution in [-0.2, 0) is 21.4 Å². The lowest BCUT2D eigenvalue weighted by Crippen LogP contribution is -2.38. The highest BCUT2D eigenvalue weighted by Crippen LogP contribution is 2.36. The van der Waals surface area contributed by atoms with Crippen molar-refractivity contribution in [1.29, 1.82) is 0 Å². The van der Waals surface area contributed by atoms with Crippen LogP contribution >= 0.6 is 0 Å². The molecule has 0 radical (unpaired) electrons. The molecule has 0 unspecified atom stereocenters. The molecule has 2 amide bonds. The topological polar surface area (TPSA) is 72.8 Å². The van der Waals surface area contributed by atoms with Gasteiger partial charge in [-0.2, -0.15) is 0 Å². The number of rotatable bonds is 6. The van der Waals surface area contributed by atoms with Gasteiger partial charge in [-0.1, -0.05) is 30.3 Å². The standard InChI is InChI=1S/C25H25N3O4/c1-27-16-20(19-7-2-3-8-21(19)27)23-22(24(29)26-25(23)30)17-5-4-6-18(15-17)32-14-11-28-9-12-31-13-10-28/h2-8,15-16H,9-14H2,1H3,(H,26,29,30). The number of imide groups is 1. The van der Waals surface area contributed by atoms with E-state index in [1.54, 1.807) is 0 Å². The lowest BCUT2D eigenvalue weighted by atomic mass is 9.96. The van der Waals surface area contributed by atoms with Gasteiger partial charge in [-0.3, -0.25) is 19.8 Å². The highest BCUT2D eigenvalue weighted by Gasteiger charge is 2.33. The molecule has 2 aromatic carbocycles. The minimum Gasteiger partial charge on any atom is -0.492 e. The molecule has 7 heteroatoms. The van der Waals surface area contributed by atoms with Crippen LogP contribution in [0.25, 0.3) is 22.0 Å². The molecule has 164 valence electrons. The maximum atomic E-state index is 12.8. The van der Waals surface area contributed by atoms with Gasteiger partial charge < -0.3 is 14.0 Å². The van der Waals surface area contributed by atoms with Crippen LogP contribution in [-0.4, -0.2) is 60.7 Å². The quantitative estimate of drug-likeness (QED) is 0.607. The molecular weight excluding hydrogens is 406 g/mol. The van der Waals surface area contributed by atoms with E-state index in [-0.39, 0.29) is 11.8 Å². The summed E-state index contributed by atoms with van der Waals surface area (Å²) in [6.07, 6.45) is 1.90. The maximum absolute atomic E-state index is 12.8. The van der Waals surface area contributed by atoms with Crippen LogP contribution in [0, 0.1) is 0 Å². The molecule has 2 aliphatic heterocycles. The van der Waals surface area contributed by atoms with Crippen molar-refractivity contribution < 1.29 is 19.1 Å². The van der Waals surface area contributed by atoms with Crippen molar-refractivity contribution >= 4 is 33.9 Å². The van der Waals surface area contributed by atoms with Crippen LogP contribution in [0.4, 0.5) is 0 Å². The fraction of sp³-hybridized carbons (Fsp3) is 0.280. The average molecular weight is 431 g/mol. The number of morpholine rings is 1. The van der Waals surface area contributed by atoms with E-state index in [0.29, 0.717) is 29.1 Å². The summed E-state index contributed by atoms with van der Waals surface area (Å²) in [4.78, 5) is 27.9. The highest BCUT2D eigenvalue weighted by molar-refractivity contribution is 6.50. The summed E-state index contributed by atoms with van der Waals surface area (Å²) in [6.45, 7) is 4.69. The van der Waals surface area contributed by atoms with Crippen molar-refractivity contribution in [2.75, 3.05) is 39.5 Å². The molecule has 0 aliphatic carbocycles. The first-order valence-corrected chi connectivity index (χ1v) is 10.8. The van der Waals surface area contributed by atoms with Crippen LogP contribution in [0.15, 0.2) is 54.7 Å². The Bertz CT molecular complexity index is 1220. The van der Waals surface area contributed by atoms with Gasteiger partial charge in [0.2, 0.25) is 0 Å². The zero-order chi connectivity index (χ0) is 22.1. The third kappa shape index (κ3) is 3.81. The Kier molecular flexibility index (Phi) is 5.51. The molecule has 0 spiro atoms. The Hall–Kier alpha value is -3.42. The normalized spacial score (nSPS) is 17.3. The van der Waals surface area contributed by atoms with Crippen molar-refractivity contribution in [3.8, 4) is 5.75 Å². The van der Waals surface area contributed by atoms with E-state index in [0.717, 1.165) is 49.3 Å². The zero-order valence-electron chi connectivity index (χ0n) is 18.0. The minimum absolute atomic E-state index is 0.375. The molecule has 2 aliphatic rings. The molecule has 0 bridgehead atoms. The van der Waals surface area contributed by atoms with E-state index in [1.807, 2.05) is 66.3 Å². The maximum Gasteiger partial charge on any atom is 0.259 e. The second kappa shape index (κ2) is 8.61. The molecule has 5 rings (SSSR count). The predicted octanol–water partition coefficient (Wildman–Crippen LogP) is 2.46. The lowest BCUT2D eigenvalue weighted by Gasteiger charge is -2.26. The molecule has 0 atom stereocenters. The second-order valence-corrected chi connectivity index (χ2v) is 8.03. The molecule has 1 fully saturated rings. The Labute approximate surface area is 186 Å². The third-order valence-corrected chi connectivity index (χ3v) is 6.00. The Morgan fingerprint density at radius 1 is 1.00 bits per heavy atom. The first-order valence-electron chi connectivity index (χ1n) is 10.8. The van der Waals surface area contributed by atoms with Gasteiger partial charge in [-0.15, -0.1) is 0 Å². The van der Waals surface area contributed by atoms with Crippen LogP contribution < -0.4 is 10.1 Å². The number of carbonyl (C=O) groups excluding carboxylic acids is 2. The van der Waals surface area contributed by atoms with Gasteiger partial charge in [0.1, 0.15) is 12.4 Å². The third-order valence-electron chi connectivity index (χ3n) is 6.00. The SMILES string of the molecule is Cn1cc(C2=C(c3cccc(OCCN4CCOCC4)c3)C(=O)NC2=O)c2ccccc21. The van der Waals surface area contributed by atoms with E-state index in [2.05, 4.69) is 10.2 Å². The number of amides is 2. The smallest absolute Gasteiger partial charge is 0.259 e. The number of hydrogen-bond acceptors (Lipinski definition) is 5. The molecule has 32 heavy (non-hydrogen) atoms. The molecule has 3 aromatic rings. The van der Waals surface area contributed by atoms with E-state index in [9.17, 15) is 9.59 Å². The Morgan fingerprint density at radius 3 is 2.62 bits per heavy atom. The summed E-state index contributed by atoms with van der Waals surface area (Å²) in [5.74, 6) is -0.0870. The summed E-state index contributed by atoms with van der Waals surface area (Å²) >= 11 is 0. The van der Waals surface area contributed by atoms with Crippen LogP contribution in [0.2, 0.25) is 0 Å². The molecule has 1 aromatic heterocycles. The molecule has 1 saturated heterocycles. The molecular formula is C25H25N3O4. The summed E-state index contributed by atoms with van der Waals surface area (Å²) in [6, 6.07) is 15.3. The summed E-state index contributed by atoms with van der Waals surface area (Å²) in [5.41, 5.74) is 3.20. The summed E-state index contributed by atoms with van der Waals surface area (Å²) in [5, 5.41) is 3.41. The summed E-state index contributed by atoms with van der Waals surface area (Å²) in [7, 11) is 1.93. The van der Waals surface area contributed by atoms with Crippen LogP contribution in [0.5, 0.6) is 5.75 Å². The van der Waals surface area contributed by atoms with Crippen molar-refractivity contribution in [3.63, 3.8) is 0 Å². The van der Waals surface area contributed by atoms with Crippen molar-refractivity contribution in [1.82, 2.24) is 14.8 Å². The minimum atomic E-state index is -0.386. The number of hydrogen-bond donors (Lipinski definition) is 1. The monoisotopic (exact) mass is 431 g/mol. The average Bonchev–Trinajstić information content (AvgIpc) is 3.30. The Morgan fingerprint density at radius 2 is 1.78 bits per heavy atom. The van der Waals surface area contributed by atoms with Crippen molar-refractivity contribution in [2.45, 2.75) is 0 Å². The highest BCUT2D eigenvalue weighted by atomic mass is 16.5. The van der Waals surface area contributed by atoms with Gasteiger partial charge in [-0.25, -0.2) is 0 Å². The van der Waals surface area contributed by atoms with Gasteiger partial charge in [-0.05, 0) is 23.8 Å². The molecule has 1 N–H and O–H groups in total. The largest absolute Gasteiger partial charge is 0.492 e. The summed E-state index contributed by atoms with van der Waals surface area (Å²) < 4.78 is 13.3. The number of fused-ring (bicyclic) bond motifs is 1.